The highest BCUT2D eigenvalue weighted by Gasteiger charge is 2.24. The molecule has 1 unspecified atom stereocenters. The van der Waals surface area contributed by atoms with Gasteiger partial charge >= 0.3 is 11.9 Å². The number of benzene rings is 2. The Balaban J connectivity index is 1.83. The minimum atomic E-state index is -1.26. The smallest absolute Gasteiger partial charge is 0.344 e. The van der Waals surface area contributed by atoms with Crippen LogP contribution in [0.1, 0.15) is 22.8 Å². The molecular weight excluding hydrogens is 412 g/mol. The van der Waals surface area contributed by atoms with Crippen LogP contribution in [-0.2, 0) is 9.59 Å². The first kappa shape index (κ1) is 20.9. The number of hydrogen-bond donors (Lipinski definition) is 4. The third-order valence-electron chi connectivity index (χ3n) is 3.90. The Morgan fingerprint density at radius 2 is 1.97 bits per heavy atom. The molecule has 1 saturated heterocycles. The van der Waals surface area contributed by atoms with Crippen molar-refractivity contribution in [1.29, 1.82) is 0 Å². The van der Waals surface area contributed by atoms with E-state index in [-0.39, 0.29) is 22.2 Å². The summed E-state index contributed by atoms with van der Waals surface area (Å²) in [7, 11) is 0. The summed E-state index contributed by atoms with van der Waals surface area (Å²) >= 11 is 1.02. The van der Waals surface area contributed by atoms with E-state index in [4.69, 9.17) is 9.84 Å². The quantitative estimate of drug-likeness (QED) is 0.514. The predicted molar refractivity (Wildman–Crippen MR) is 110 cm³/mol. The number of nitrogens with zero attached hydrogens (tertiary/aromatic N) is 1. The largest absolute Gasteiger partial charge is 0.508 e. The first-order valence-electron chi connectivity index (χ1n) is 8.58. The summed E-state index contributed by atoms with van der Waals surface area (Å²) in [6, 6.07) is 10.3. The molecule has 30 heavy (non-hydrogen) atoms. The van der Waals surface area contributed by atoms with Gasteiger partial charge in [0.2, 0.25) is 0 Å². The number of aliphatic carboxylic acids is 1. The van der Waals surface area contributed by atoms with Gasteiger partial charge in [-0.15, -0.1) is 0 Å². The number of amides is 1. The number of carbonyl (C=O) groups is 3. The van der Waals surface area contributed by atoms with Gasteiger partial charge in [0.15, 0.2) is 11.3 Å². The lowest BCUT2D eigenvalue weighted by molar-refractivity contribution is -0.144. The number of hydrogen-bond acceptors (Lipinski definition) is 7. The van der Waals surface area contributed by atoms with E-state index in [0.29, 0.717) is 16.2 Å². The Hall–Kier alpha value is -3.79. The minimum Gasteiger partial charge on any atom is -0.508 e. The number of ether oxygens (including phenoxy) is 1. The lowest BCUT2D eigenvalue weighted by Gasteiger charge is -2.10. The molecule has 1 amide bonds. The van der Waals surface area contributed by atoms with Crippen LogP contribution in [0.5, 0.6) is 11.5 Å². The number of aromatic carboxylic acids is 1. The molecule has 4 N–H and O–H groups in total. The number of carboxylic acids is 2. The van der Waals surface area contributed by atoms with Crippen molar-refractivity contribution in [1.82, 2.24) is 5.32 Å². The van der Waals surface area contributed by atoms with Crippen LogP contribution in [-0.4, -0.2) is 44.4 Å². The van der Waals surface area contributed by atoms with Crippen LogP contribution in [0.25, 0.3) is 6.08 Å². The number of aliphatic imine (C=N–C) groups is 1. The van der Waals surface area contributed by atoms with Crippen molar-refractivity contribution in [2.24, 2.45) is 4.99 Å². The van der Waals surface area contributed by atoms with Crippen LogP contribution in [0.2, 0.25) is 0 Å². The molecule has 1 atom stereocenters. The summed E-state index contributed by atoms with van der Waals surface area (Å²) in [5.41, 5.74) is 0.495. The van der Waals surface area contributed by atoms with Gasteiger partial charge in [-0.25, -0.2) is 14.6 Å². The summed E-state index contributed by atoms with van der Waals surface area (Å²) < 4.78 is 5.32. The van der Waals surface area contributed by atoms with Crippen LogP contribution in [0, 0.1) is 0 Å². The van der Waals surface area contributed by atoms with E-state index < -0.39 is 23.9 Å². The Morgan fingerprint density at radius 3 is 2.67 bits per heavy atom. The number of phenolic OH excluding ortho intramolecular Hbond substituents is 1. The highest BCUT2D eigenvalue weighted by molar-refractivity contribution is 8.18. The fourth-order valence-corrected chi connectivity index (χ4v) is 3.30. The summed E-state index contributed by atoms with van der Waals surface area (Å²) in [5, 5.41) is 30.4. The summed E-state index contributed by atoms with van der Waals surface area (Å²) in [6.07, 6.45) is 0.556. The van der Waals surface area contributed by atoms with Crippen LogP contribution in [0.4, 0.5) is 5.69 Å². The average molecular weight is 428 g/mol. The highest BCUT2D eigenvalue weighted by Crippen LogP contribution is 2.31. The van der Waals surface area contributed by atoms with Gasteiger partial charge in [0, 0.05) is 0 Å². The Bertz CT molecular complexity index is 1090. The van der Waals surface area contributed by atoms with Crippen molar-refractivity contribution < 1.29 is 34.4 Å². The van der Waals surface area contributed by atoms with Crippen molar-refractivity contribution in [3.05, 3.63) is 58.5 Å². The Labute approximate surface area is 174 Å². The number of carbonyl (C=O) groups excluding carboxylic acids is 1. The lowest BCUT2D eigenvalue weighted by Crippen LogP contribution is -2.22. The molecule has 154 valence electrons. The van der Waals surface area contributed by atoms with Crippen molar-refractivity contribution >= 4 is 46.5 Å². The van der Waals surface area contributed by atoms with Crippen molar-refractivity contribution in [3.8, 4) is 11.5 Å². The fourth-order valence-electron chi connectivity index (χ4n) is 2.47. The third kappa shape index (κ3) is 4.97. The minimum absolute atomic E-state index is 0.0856. The van der Waals surface area contributed by atoms with Crippen LogP contribution < -0.4 is 10.1 Å². The van der Waals surface area contributed by atoms with Gasteiger partial charge in [-0.05, 0) is 60.7 Å². The molecule has 1 heterocycles. The molecule has 0 radical (unpaired) electrons. The molecule has 2 aromatic carbocycles. The third-order valence-corrected chi connectivity index (χ3v) is 4.81. The molecule has 0 spiro atoms. The second-order valence-corrected chi connectivity index (χ2v) is 7.19. The standard InChI is InChI=1S/C20H16N2O7S/c1-10(18(25)26)29-13-4-2-3-11(7-13)8-16-17(24)22-20(30-16)21-15-6-5-12(23)9-14(15)19(27)28/h2-10,23H,1H3,(H,25,26)(H,27,28)(H,21,22,24)/b16-8-. The van der Waals surface area contributed by atoms with Gasteiger partial charge in [0.1, 0.15) is 11.5 Å². The maximum atomic E-state index is 12.3. The monoisotopic (exact) mass is 428 g/mol. The topological polar surface area (TPSA) is 146 Å². The zero-order chi connectivity index (χ0) is 21.8. The molecule has 0 saturated carbocycles. The molecule has 10 heteroatoms. The van der Waals surface area contributed by atoms with Gasteiger partial charge in [0.25, 0.3) is 5.91 Å². The van der Waals surface area contributed by atoms with Crippen molar-refractivity contribution in [3.63, 3.8) is 0 Å². The van der Waals surface area contributed by atoms with E-state index in [1.807, 2.05) is 0 Å². The number of aromatic hydroxyl groups is 1. The second kappa shape index (κ2) is 8.70. The molecule has 2 aromatic rings. The molecule has 1 aliphatic heterocycles. The molecule has 0 aliphatic carbocycles. The van der Waals surface area contributed by atoms with Crippen molar-refractivity contribution in [2.75, 3.05) is 0 Å². The first-order chi connectivity index (χ1) is 14.2. The molecule has 0 aromatic heterocycles. The van der Waals surface area contributed by atoms with Crippen LogP contribution in [0.15, 0.2) is 52.4 Å². The molecule has 1 fully saturated rings. The predicted octanol–water partition coefficient (Wildman–Crippen LogP) is 2.83. The maximum Gasteiger partial charge on any atom is 0.344 e. The zero-order valence-corrected chi connectivity index (χ0v) is 16.3. The van der Waals surface area contributed by atoms with Crippen molar-refractivity contribution in [2.45, 2.75) is 13.0 Å². The Morgan fingerprint density at radius 1 is 1.20 bits per heavy atom. The SMILES string of the molecule is CC(Oc1cccc(/C=C2\SC(=Nc3ccc(O)cc3C(=O)O)NC2=O)c1)C(=O)O. The number of phenols is 1. The number of thioether (sulfide) groups is 1. The Kier molecular flexibility index (Phi) is 6.07. The number of carboxylic acid groups (broad SMARTS) is 2. The fraction of sp³-hybridized carbons (Fsp3) is 0.100. The van der Waals surface area contributed by atoms with E-state index >= 15 is 0 Å². The van der Waals surface area contributed by atoms with Gasteiger partial charge in [-0.3, -0.25) is 4.79 Å². The molecule has 3 rings (SSSR count). The average Bonchev–Trinajstić information content (AvgIpc) is 3.02. The first-order valence-corrected chi connectivity index (χ1v) is 9.40. The molecule has 1 aliphatic rings. The maximum absolute atomic E-state index is 12.3. The number of amidine groups is 1. The van der Waals surface area contributed by atoms with E-state index in [1.165, 1.54) is 19.1 Å². The number of nitrogens with one attached hydrogen (secondary N) is 1. The normalized spacial score (nSPS) is 17.0. The van der Waals surface area contributed by atoms with Crippen LogP contribution >= 0.6 is 11.8 Å². The summed E-state index contributed by atoms with van der Waals surface area (Å²) in [4.78, 5) is 39.0. The second-order valence-electron chi connectivity index (χ2n) is 6.16. The highest BCUT2D eigenvalue weighted by atomic mass is 32.2. The summed E-state index contributed by atoms with van der Waals surface area (Å²) in [6.45, 7) is 1.41. The van der Waals surface area contributed by atoms with Gasteiger partial charge in [-0.2, -0.15) is 0 Å². The summed E-state index contributed by atoms with van der Waals surface area (Å²) in [5.74, 6) is -2.64. The van der Waals surface area contributed by atoms with Gasteiger partial charge in [0.05, 0.1) is 16.2 Å². The zero-order valence-electron chi connectivity index (χ0n) is 15.5. The van der Waals surface area contributed by atoms with Crippen LogP contribution in [0.3, 0.4) is 0 Å². The molecule has 9 nitrogen and oxygen atoms in total. The number of rotatable bonds is 6. The van der Waals surface area contributed by atoms with E-state index in [0.717, 1.165) is 17.8 Å². The van der Waals surface area contributed by atoms with E-state index in [9.17, 15) is 24.6 Å². The van der Waals surface area contributed by atoms with E-state index in [2.05, 4.69) is 10.3 Å². The lowest BCUT2D eigenvalue weighted by atomic mass is 10.2. The van der Waals surface area contributed by atoms with Gasteiger partial charge in [-0.1, -0.05) is 12.1 Å². The van der Waals surface area contributed by atoms with E-state index in [1.54, 1.807) is 30.3 Å². The molecular formula is C20H16N2O7S. The molecule has 0 bridgehead atoms. The van der Waals surface area contributed by atoms with Gasteiger partial charge < -0.3 is 25.4 Å².